The molecule has 0 radical (unpaired) electrons. The van der Waals surface area contributed by atoms with E-state index in [1.807, 2.05) is 91.8 Å². The Kier molecular flexibility index (Phi) is 43.9. The molecule has 54 heavy (non-hydrogen) atoms. The lowest BCUT2D eigenvalue weighted by Gasteiger charge is -2.11. The summed E-state index contributed by atoms with van der Waals surface area (Å²) in [4.78, 5) is 32.8. The summed E-state index contributed by atoms with van der Waals surface area (Å²) < 4.78 is 0. The van der Waals surface area contributed by atoms with E-state index < -0.39 is 0 Å². The van der Waals surface area contributed by atoms with Crippen LogP contribution in [0.25, 0.3) is 0 Å². The van der Waals surface area contributed by atoms with Crippen molar-refractivity contribution in [2.45, 2.75) is 162 Å². The van der Waals surface area contributed by atoms with Gasteiger partial charge in [0.05, 0.1) is 0 Å². The van der Waals surface area contributed by atoms with Gasteiger partial charge in [-0.2, -0.15) is 0 Å². The second kappa shape index (κ2) is 40.1. The first-order chi connectivity index (χ1) is 24.6. The summed E-state index contributed by atoms with van der Waals surface area (Å²) in [7, 11) is 0. The number of ketones is 3. The molecule has 1 saturated carbocycles. The summed E-state index contributed by atoms with van der Waals surface area (Å²) in [6, 6.07) is 36.5. The summed E-state index contributed by atoms with van der Waals surface area (Å²) in [5.74, 6) is 0.630. The van der Waals surface area contributed by atoms with Gasteiger partial charge < -0.3 is 0 Å². The van der Waals surface area contributed by atoms with Gasteiger partial charge in [-0.15, -0.1) is 0 Å². The molecule has 0 N–H and O–H groups in total. The minimum Gasteiger partial charge on any atom is -0.300 e. The summed E-state index contributed by atoms with van der Waals surface area (Å²) >= 11 is 0. The van der Waals surface area contributed by atoms with E-state index in [1.165, 1.54) is 38.5 Å². The fourth-order valence-corrected chi connectivity index (χ4v) is 5.65. The van der Waals surface area contributed by atoms with Crippen LogP contribution in [-0.4, -0.2) is 17.3 Å². The monoisotopic (exact) mass is 743 g/mol. The van der Waals surface area contributed by atoms with Crippen LogP contribution in [0.15, 0.2) is 109 Å². The maximum atomic E-state index is 11.3. The molecular weight excluding hydrogens is 661 g/mol. The Morgan fingerprint density at radius 3 is 0.759 bits per heavy atom. The lowest BCUT2D eigenvalue weighted by atomic mass is 9.90. The summed E-state index contributed by atoms with van der Waals surface area (Å²) in [5, 5.41) is 0. The molecule has 8 rings (SSSR count). The first-order valence-electron chi connectivity index (χ1n) is 19.4. The molecule has 3 nitrogen and oxygen atoms in total. The van der Waals surface area contributed by atoms with Gasteiger partial charge >= 0.3 is 0 Å². The first kappa shape index (κ1) is 59.2. The molecule has 0 unspecified atom stereocenters. The van der Waals surface area contributed by atoms with E-state index >= 15 is 0 Å². The summed E-state index contributed by atoms with van der Waals surface area (Å²) in [5.41, 5.74) is 7.45. The van der Waals surface area contributed by atoms with Crippen molar-refractivity contribution >= 4 is 17.3 Å². The number of hydrogen-bond acceptors (Lipinski definition) is 3. The van der Waals surface area contributed by atoms with Gasteiger partial charge in [0.25, 0.3) is 0 Å². The van der Waals surface area contributed by atoms with E-state index in [1.54, 1.807) is 46.5 Å². The van der Waals surface area contributed by atoms with Crippen molar-refractivity contribution in [3.8, 4) is 0 Å². The van der Waals surface area contributed by atoms with Gasteiger partial charge in [-0.1, -0.05) is 194 Å². The van der Waals surface area contributed by atoms with Crippen molar-refractivity contribution in [1.29, 1.82) is 0 Å². The molecule has 0 aliphatic heterocycles. The topological polar surface area (TPSA) is 51.2 Å². The average Bonchev–Trinajstić information content (AvgIpc) is 4.01. The minimum absolute atomic E-state index is 0. The van der Waals surface area contributed by atoms with Crippen LogP contribution in [0, 0.1) is 0 Å². The average molecular weight is 743 g/mol. The first-order valence-corrected chi connectivity index (χ1v) is 19.4. The van der Waals surface area contributed by atoms with Gasteiger partial charge in [0, 0.05) is 36.8 Å². The van der Waals surface area contributed by atoms with E-state index in [4.69, 9.17) is 0 Å². The molecule has 0 bridgehead atoms. The lowest BCUT2D eigenvalue weighted by Crippen LogP contribution is -2.16. The fourth-order valence-electron chi connectivity index (χ4n) is 5.65. The van der Waals surface area contributed by atoms with E-state index in [0.29, 0.717) is 29.8 Å². The van der Waals surface area contributed by atoms with Crippen LogP contribution in [0.2, 0.25) is 0 Å². The quantitative estimate of drug-likeness (QED) is 0.180. The standard InChI is InChI=1S/C10H8O2.2C9H10.C6H6.C5H8O.4C2H6.4CH4/c11-9-5-6-10(12)8-4-2-1-3-7(8)9;2*1-2-5-9-7-3-6-8(9)4-1;1-2-4-6-5-3-1;6-5-3-1-2-4-5;4*1-2;;;;/h1-4H,5-6H2;2*1-2,4-5H,3,6-7H2;1-6H;1-4H2;4*1-2H3;4*1H4. The van der Waals surface area contributed by atoms with Gasteiger partial charge in [-0.3, -0.25) is 14.4 Å². The van der Waals surface area contributed by atoms with E-state index in [0.717, 1.165) is 25.7 Å². The van der Waals surface area contributed by atoms with Crippen molar-refractivity contribution in [3.05, 3.63) is 143 Å². The Bertz CT molecular complexity index is 1270. The number of aryl methyl sites for hydroxylation is 4. The van der Waals surface area contributed by atoms with Crippen molar-refractivity contribution < 1.29 is 14.4 Å². The van der Waals surface area contributed by atoms with E-state index in [-0.39, 0.29) is 41.3 Å². The number of carbonyl (C=O) groups excluding carboxylic acids is 3. The largest absolute Gasteiger partial charge is 0.300 e. The zero-order chi connectivity index (χ0) is 37.4. The Balaban J connectivity index is -0.000000177. The zero-order valence-corrected chi connectivity index (χ0v) is 32.6. The molecular formula is C51H82O3. The number of Topliss-reactive ketones (excluding diaryl/α,β-unsaturated/α-hetero) is 3. The maximum Gasteiger partial charge on any atom is 0.164 e. The molecule has 0 amide bonds. The van der Waals surface area contributed by atoms with Gasteiger partial charge in [-0.25, -0.2) is 0 Å². The van der Waals surface area contributed by atoms with Crippen molar-refractivity contribution in [1.82, 2.24) is 0 Å². The third-order valence-electron chi connectivity index (χ3n) is 7.96. The molecule has 0 saturated heterocycles. The molecule has 4 aliphatic rings. The van der Waals surface area contributed by atoms with Crippen LogP contribution in [0.5, 0.6) is 0 Å². The molecule has 1 fully saturated rings. The van der Waals surface area contributed by atoms with Gasteiger partial charge in [0.2, 0.25) is 0 Å². The predicted molar refractivity (Wildman–Crippen MR) is 244 cm³/mol. The van der Waals surface area contributed by atoms with Crippen LogP contribution < -0.4 is 0 Å². The Morgan fingerprint density at radius 1 is 0.296 bits per heavy atom. The summed E-state index contributed by atoms with van der Waals surface area (Å²) in [6.45, 7) is 16.0. The molecule has 0 aromatic heterocycles. The molecule has 4 aliphatic carbocycles. The van der Waals surface area contributed by atoms with Crippen LogP contribution in [-0.2, 0) is 30.5 Å². The highest BCUT2D eigenvalue weighted by molar-refractivity contribution is 6.13. The lowest BCUT2D eigenvalue weighted by molar-refractivity contribution is -0.117. The minimum atomic E-state index is 0. The van der Waals surface area contributed by atoms with E-state index in [2.05, 4.69) is 48.5 Å². The second-order valence-electron chi connectivity index (χ2n) is 11.0. The fraction of sp³-hybridized carbons (Fsp3) is 0.471. The number of benzene rings is 4. The highest BCUT2D eigenvalue weighted by Gasteiger charge is 2.22. The van der Waals surface area contributed by atoms with Crippen molar-refractivity contribution in [2.75, 3.05) is 0 Å². The highest BCUT2D eigenvalue weighted by atomic mass is 16.1. The SMILES string of the molecule is C.C.C.C.CC.CC.CC.CC.O=C1CCC(=O)c2ccccc21.O=C1CCCC1.c1ccc2c(c1)CCC2.c1ccc2c(c1)CCC2.c1ccccc1. The zero-order valence-electron chi connectivity index (χ0n) is 32.6. The van der Waals surface area contributed by atoms with Gasteiger partial charge in [-0.05, 0) is 73.6 Å². The van der Waals surface area contributed by atoms with Crippen LogP contribution >= 0.6 is 0 Å². The van der Waals surface area contributed by atoms with Crippen LogP contribution in [0.4, 0.5) is 0 Å². The van der Waals surface area contributed by atoms with Crippen LogP contribution in [0.3, 0.4) is 0 Å². The normalized spacial score (nSPS) is 12.6. The highest BCUT2D eigenvalue weighted by Crippen LogP contribution is 2.22. The Morgan fingerprint density at radius 2 is 0.537 bits per heavy atom. The second-order valence-corrected chi connectivity index (χ2v) is 11.0. The van der Waals surface area contributed by atoms with Crippen molar-refractivity contribution in [2.24, 2.45) is 0 Å². The molecule has 4 aromatic rings. The summed E-state index contributed by atoms with van der Waals surface area (Å²) in [6.07, 6.45) is 12.6. The van der Waals surface area contributed by atoms with Gasteiger partial charge in [0.15, 0.2) is 11.6 Å². The Labute approximate surface area is 335 Å². The molecule has 304 valence electrons. The molecule has 0 heterocycles. The number of hydrogen-bond donors (Lipinski definition) is 0. The van der Waals surface area contributed by atoms with Crippen molar-refractivity contribution in [3.63, 3.8) is 0 Å². The Hall–Kier alpha value is -4.11. The number of rotatable bonds is 0. The third kappa shape index (κ3) is 23.5. The molecule has 0 spiro atoms. The van der Waals surface area contributed by atoms with E-state index in [9.17, 15) is 14.4 Å². The third-order valence-corrected chi connectivity index (χ3v) is 7.96. The predicted octanol–water partition coefficient (Wildman–Crippen LogP) is 15.7. The molecule has 0 atom stereocenters. The van der Waals surface area contributed by atoms with Crippen LogP contribution in [0.1, 0.15) is 179 Å². The van der Waals surface area contributed by atoms with Gasteiger partial charge in [0.1, 0.15) is 5.78 Å². The number of fused-ring (bicyclic) bond motifs is 3. The maximum absolute atomic E-state index is 11.3. The smallest absolute Gasteiger partial charge is 0.164 e. The molecule has 4 aromatic carbocycles. The number of carbonyl (C=O) groups is 3. The molecule has 3 heteroatoms.